The van der Waals surface area contributed by atoms with Crippen molar-refractivity contribution in [3.05, 3.63) is 44.8 Å². The van der Waals surface area contributed by atoms with Gasteiger partial charge in [-0.25, -0.2) is 8.42 Å². The highest BCUT2D eigenvalue weighted by molar-refractivity contribution is 9.11. The van der Waals surface area contributed by atoms with Crippen molar-refractivity contribution >= 4 is 64.6 Å². The highest BCUT2D eigenvalue weighted by Gasteiger charge is 2.12. The van der Waals surface area contributed by atoms with Gasteiger partial charge in [0.2, 0.25) is 10.0 Å². The van der Waals surface area contributed by atoms with Gasteiger partial charge in [0, 0.05) is 27.7 Å². The third-order valence-electron chi connectivity index (χ3n) is 3.82. The van der Waals surface area contributed by atoms with Crippen LogP contribution in [-0.4, -0.2) is 27.8 Å². The summed E-state index contributed by atoms with van der Waals surface area (Å²) in [5.41, 5.74) is 3.47. The fourth-order valence-corrected chi connectivity index (χ4v) is 4.71. The molecule has 27 heavy (non-hydrogen) atoms. The van der Waals surface area contributed by atoms with Crippen molar-refractivity contribution in [2.45, 2.75) is 20.8 Å². The molecule has 0 aliphatic rings. The predicted octanol–water partition coefficient (Wildman–Crippen LogP) is 6.15. The second kappa shape index (κ2) is 9.16. The first-order valence-electron chi connectivity index (χ1n) is 8.38. The number of azo groups is 1. The van der Waals surface area contributed by atoms with E-state index in [1.54, 1.807) is 12.1 Å². The fraction of sp³-hybridized carbons (Fsp3) is 0.333. The lowest BCUT2D eigenvalue weighted by Gasteiger charge is -2.22. The smallest absolute Gasteiger partial charge is 0.229 e. The minimum atomic E-state index is -3.45. The van der Waals surface area contributed by atoms with E-state index in [1.807, 2.05) is 39.0 Å². The quantitative estimate of drug-likeness (QED) is 0.447. The van der Waals surface area contributed by atoms with Crippen LogP contribution in [0.1, 0.15) is 19.4 Å². The lowest BCUT2D eigenvalue weighted by molar-refractivity contribution is 0.607. The lowest BCUT2D eigenvalue weighted by atomic mass is 10.2. The van der Waals surface area contributed by atoms with Crippen molar-refractivity contribution in [1.29, 1.82) is 0 Å². The molecule has 0 saturated carbocycles. The van der Waals surface area contributed by atoms with E-state index < -0.39 is 10.0 Å². The Morgan fingerprint density at radius 3 is 2.15 bits per heavy atom. The van der Waals surface area contributed by atoms with Crippen molar-refractivity contribution in [2.24, 2.45) is 10.2 Å². The number of nitrogens with zero attached hydrogens (tertiary/aromatic N) is 3. The van der Waals surface area contributed by atoms with Crippen LogP contribution in [0.2, 0.25) is 0 Å². The van der Waals surface area contributed by atoms with Crippen LogP contribution < -0.4 is 9.62 Å². The zero-order chi connectivity index (χ0) is 20.2. The maximum absolute atomic E-state index is 11.8. The molecule has 9 heteroatoms. The molecule has 0 amide bonds. The Bertz CT molecular complexity index is 935. The second-order valence-corrected chi connectivity index (χ2v) is 9.48. The topological polar surface area (TPSA) is 74.1 Å². The molecule has 0 aliphatic carbocycles. The van der Waals surface area contributed by atoms with Crippen molar-refractivity contribution < 1.29 is 8.42 Å². The highest BCUT2D eigenvalue weighted by atomic mass is 79.9. The molecule has 0 aliphatic heterocycles. The van der Waals surface area contributed by atoms with E-state index in [-0.39, 0.29) is 0 Å². The Balaban J connectivity index is 2.49. The van der Waals surface area contributed by atoms with Crippen LogP contribution in [0.15, 0.2) is 49.5 Å². The SMILES string of the molecule is CCN(CC)c1ccc(N=Nc2c(Br)cc(C)cc2Br)c(NS(C)(=O)=O)c1. The minimum absolute atomic E-state index is 0.394. The predicted molar refractivity (Wildman–Crippen MR) is 119 cm³/mol. The molecule has 0 radical (unpaired) electrons. The molecule has 0 aromatic heterocycles. The molecule has 0 atom stereocenters. The van der Waals surface area contributed by atoms with E-state index in [9.17, 15) is 8.42 Å². The van der Waals surface area contributed by atoms with Crippen LogP contribution in [0, 0.1) is 6.92 Å². The number of hydrogen-bond donors (Lipinski definition) is 1. The van der Waals surface area contributed by atoms with E-state index in [1.165, 1.54) is 0 Å². The molecule has 0 bridgehead atoms. The number of anilines is 2. The van der Waals surface area contributed by atoms with Gasteiger partial charge >= 0.3 is 0 Å². The van der Waals surface area contributed by atoms with Crippen LogP contribution in [0.25, 0.3) is 0 Å². The van der Waals surface area contributed by atoms with Gasteiger partial charge in [0.1, 0.15) is 11.4 Å². The van der Waals surface area contributed by atoms with Gasteiger partial charge in [0.25, 0.3) is 0 Å². The number of rotatable bonds is 7. The first kappa shape index (κ1) is 21.8. The van der Waals surface area contributed by atoms with Gasteiger partial charge in [-0.15, -0.1) is 10.2 Å². The molecule has 6 nitrogen and oxygen atoms in total. The Kier molecular flexibility index (Phi) is 7.41. The molecular formula is C18H22Br2N4O2S. The monoisotopic (exact) mass is 516 g/mol. The summed E-state index contributed by atoms with van der Waals surface area (Å²) in [5.74, 6) is 0. The van der Waals surface area contributed by atoms with Gasteiger partial charge in [-0.3, -0.25) is 4.72 Å². The highest BCUT2D eigenvalue weighted by Crippen LogP contribution is 2.37. The summed E-state index contributed by atoms with van der Waals surface area (Å²) in [4.78, 5) is 2.13. The maximum Gasteiger partial charge on any atom is 0.229 e. The van der Waals surface area contributed by atoms with E-state index in [2.05, 4.69) is 51.7 Å². The molecule has 0 heterocycles. The zero-order valence-corrected chi connectivity index (χ0v) is 19.6. The summed E-state index contributed by atoms with van der Waals surface area (Å²) in [7, 11) is -3.45. The molecule has 0 spiro atoms. The van der Waals surface area contributed by atoms with E-state index in [4.69, 9.17) is 0 Å². The summed E-state index contributed by atoms with van der Waals surface area (Å²) < 4.78 is 27.7. The van der Waals surface area contributed by atoms with Gasteiger partial charge in [-0.1, -0.05) is 0 Å². The average Bonchev–Trinajstić information content (AvgIpc) is 2.55. The molecule has 2 aromatic carbocycles. The second-order valence-electron chi connectivity index (χ2n) is 6.03. The molecule has 0 saturated heterocycles. The molecule has 146 valence electrons. The lowest BCUT2D eigenvalue weighted by Crippen LogP contribution is -2.22. The van der Waals surface area contributed by atoms with Crippen molar-refractivity contribution in [1.82, 2.24) is 0 Å². The Morgan fingerprint density at radius 2 is 1.63 bits per heavy atom. The summed E-state index contributed by atoms with van der Waals surface area (Å²) in [6, 6.07) is 9.34. The minimum Gasteiger partial charge on any atom is -0.372 e. The third kappa shape index (κ3) is 6.02. The van der Waals surface area contributed by atoms with Gasteiger partial charge < -0.3 is 4.90 Å². The Morgan fingerprint density at radius 1 is 1.04 bits per heavy atom. The van der Waals surface area contributed by atoms with E-state index in [0.29, 0.717) is 17.1 Å². The van der Waals surface area contributed by atoms with Crippen molar-refractivity contribution in [2.75, 3.05) is 29.0 Å². The summed E-state index contributed by atoms with van der Waals surface area (Å²) in [6.45, 7) is 7.72. The van der Waals surface area contributed by atoms with Gasteiger partial charge in [0.15, 0.2) is 0 Å². The first-order valence-corrected chi connectivity index (χ1v) is 11.9. The van der Waals surface area contributed by atoms with Gasteiger partial charge in [-0.2, -0.15) is 0 Å². The standard InChI is InChI=1S/C18H22Br2N4O2S/c1-5-24(6-2)13-7-8-16(17(11-13)23-27(4,25)26)21-22-18-14(19)9-12(3)10-15(18)20/h7-11,23H,5-6H2,1-4H3. The van der Waals surface area contributed by atoms with Crippen LogP contribution in [0.5, 0.6) is 0 Å². The molecule has 0 unspecified atom stereocenters. The van der Waals surface area contributed by atoms with Gasteiger partial charge in [0.05, 0.1) is 11.9 Å². The Hall–Kier alpha value is -1.45. The van der Waals surface area contributed by atoms with E-state index >= 15 is 0 Å². The number of hydrogen-bond acceptors (Lipinski definition) is 5. The average molecular weight is 518 g/mol. The molecule has 0 fully saturated rings. The summed E-state index contributed by atoms with van der Waals surface area (Å²) in [5, 5.41) is 8.59. The fourth-order valence-electron chi connectivity index (χ4n) is 2.57. The third-order valence-corrected chi connectivity index (χ3v) is 5.62. The summed E-state index contributed by atoms with van der Waals surface area (Å²) in [6.07, 6.45) is 1.12. The molecule has 1 N–H and O–H groups in total. The van der Waals surface area contributed by atoms with Crippen molar-refractivity contribution in [3.63, 3.8) is 0 Å². The van der Waals surface area contributed by atoms with E-state index in [0.717, 1.165) is 39.5 Å². The number of sulfonamides is 1. The Labute approximate surface area is 177 Å². The molecule has 2 rings (SSSR count). The summed E-state index contributed by atoms with van der Waals surface area (Å²) >= 11 is 6.97. The number of nitrogens with one attached hydrogen (secondary N) is 1. The molecular weight excluding hydrogens is 496 g/mol. The van der Waals surface area contributed by atoms with Crippen LogP contribution >= 0.6 is 31.9 Å². The van der Waals surface area contributed by atoms with Crippen LogP contribution in [-0.2, 0) is 10.0 Å². The molecule has 2 aromatic rings. The first-order chi connectivity index (χ1) is 12.6. The van der Waals surface area contributed by atoms with Crippen LogP contribution in [0.4, 0.5) is 22.7 Å². The number of aryl methyl sites for hydroxylation is 1. The van der Waals surface area contributed by atoms with Crippen molar-refractivity contribution in [3.8, 4) is 0 Å². The van der Waals surface area contributed by atoms with Gasteiger partial charge in [-0.05, 0) is 88.5 Å². The normalized spacial score (nSPS) is 11.8. The van der Waals surface area contributed by atoms with Crippen LogP contribution in [0.3, 0.4) is 0 Å². The number of halogens is 2. The largest absolute Gasteiger partial charge is 0.372 e. The maximum atomic E-state index is 11.8. The number of benzene rings is 2. The zero-order valence-electron chi connectivity index (χ0n) is 15.6.